The van der Waals surface area contributed by atoms with Crippen molar-refractivity contribution in [3.8, 4) is 0 Å². The number of morpholine rings is 1. The lowest BCUT2D eigenvalue weighted by molar-refractivity contribution is -0.162. The zero-order chi connectivity index (χ0) is 14.8. The lowest BCUT2D eigenvalue weighted by Gasteiger charge is -2.34. The van der Waals surface area contributed by atoms with Crippen molar-refractivity contribution in [2.24, 2.45) is 0 Å². The minimum absolute atomic E-state index is 0.0589. The zero-order valence-corrected chi connectivity index (χ0v) is 12.9. The Morgan fingerprint density at radius 3 is 3.14 bits per heavy atom. The molecule has 0 bridgehead atoms. The van der Waals surface area contributed by atoms with Crippen molar-refractivity contribution in [2.45, 2.75) is 31.3 Å². The van der Waals surface area contributed by atoms with Crippen LogP contribution in [-0.4, -0.2) is 49.7 Å². The molecule has 1 aliphatic heterocycles. The highest BCUT2D eigenvalue weighted by Crippen LogP contribution is 2.36. The van der Waals surface area contributed by atoms with E-state index in [1.165, 1.54) is 17.6 Å². The number of aryl methyl sites for hydroxylation is 1. The first-order valence-corrected chi connectivity index (χ1v) is 8.13. The van der Waals surface area contributed by atoms with Gasteiger partial charge in [-0.25, -0.2) is 4.79 Å². The molecule has 1 aromatic rings. The molecule has 1 aromatic heterocycles. The van der Waals surface area contributed by atoms with Crippen LogP contribution in [0.3, 0.4) is 0 Å². The van der Waals surface area contributed by atoms with Gasteiger partial charge in [0.15, 0.2) is 6.10 Å². The predicted molar refractivity (Wildman–Crippen MR) is 78.3 cm³/mol. The minimum atomic E-state index is -0.654. The average Bonchev–Trinajstić information content (AvgIpc) is 3.02. The maximum atomic E-state index is 12.8. The Morgan fingerprint density at radius 1 is 1.48 bits per heavy atom. The van der Waals surface area contributed by atoms with Crippen LogP contribution >= 0.6 is 11.3 Å². The van der Waals surface area contributed by atoms with Crippen LogP contribution in [0.5, 0.6) is 0 Å². The Morgan fingerprint density at radius 2 is 2.33 bits per heavy atom. The Bertz CT molecular complexity index is 542. The number of amides is 1. The molecule has 1 aliphatic carbocycles. The number of fused-ring (bicyclic) bond motifs is 1. The number of carbonyl (C=O) groups is 2. The smallest absolute Gasteiger partial charge is 0.336 e. The number of hydrogen-bond donors (Lipinski definition) is 0. The van der Waals surface area contributed by atoms with Gasteiger partial charge >= 0.3 is 5.97 Å². The van der Waals surface area contributed by atoms with Crippen molar-refractivity contribution >= 4 is 23.2 Å². The van der Waals surface area contributed by atoms with Crippen LogP contribution in [0.25, 0.3) is 0 Å². The van der Waals surface area contributed by atoms with Gasteiger partial charge in [0.2, 0.25) is 5.91 Å². The highest BCUT2D eigenvalue weighted by Gasteiger charge is 2.35. The summed E-state index contributed by atoms with van der Waals surface area (Å²) in [6.07, 6.45) is 2.36. The third kappa shape index (κ3) is 2.82. The van der Waals surface area contributed by atoms with E-state index < -0.39 is 12.1 Å². The SMILES string of the molecule is COC(=O)C1CN(C(=O)C2CCCc3sccc32)CCO1. The predicted octanol–water partition coefficient (Wildman–Crippen LogP) is 1.57. The molecule has 1 fully saturated rings. The number of carbonyl (C=O) groups excluding carboxylic acids is 2. The van der Waals surface area contributed by atoms with Crippen LogP contribution in [-0.2, 0) is 25.5 Å². The fraction of sp³-hybridized carbons (Fsp3) is 0.600. The van der Waals surface area contributed by atoms with Crippen LogP contribution in [0.4, 0.5) is 0 Å². The Hall–Kier alpha value is -1.40. The summed E-state index contributed by atoms with van der Waals surface area (Å²) in [6, 6.07) is 2.07. The lowest BCUT2D eigenvalue weighted by atomic mass is 9.86. The third-order valence-corrected chi connectivity index (χ3v) is 5.19. The van der Waals surface area contributed by atoms with Gasteiger partial charge in [0, 0.05) is 11.4 Å². The summed E-state index contributed by atoms with van der Waals surface area (Å²) in [6.45, 7) is 1.22. The molecule has 2 unspecified atom stereocenters. The van der Waals surface area contributed by atoms with E-state index in [0.29, 0.717) is 19.7 Å². The number of rotatable bonds is 2. The van der Waals surface area contributed by atoms with E-state index in [-0.39, 0.29) is 11.8 Å². The quantitative estimate of drug-likeness (QED) is 0.778. The molecule has 0 saturated carbocycles. The molecule has 21 heavy (non-hydrogen) atoms. The first-order valence-electron chi connectivity index (χ1n) is 7.25. The highest BCUT2D eigenvalue weighted by atomic mass is 32.1. The van der Waals surface area contributed by atoms with Crippen LogP contribution in [0.15, 0.2) is 11.4 Å². The van der Waals surface area contributed by atoms with E-state index >= 15 is 0 Å². The van der Waals surface area contributed by atoms with Crippen molar-refractivity contribution in [2.75, 3.05) is 26.8 Å². The van der Waals surface area contributed by atoms with Gasteiger partial charge in [0.1, 0.15) is 0 Å². The fourth-order valence-electron chi connectivity index (χ4n) is 3.09. The monoisotopic (exact) mass is 309 g/mol. The second kappa shape index (κ2) is 6.15. The van der Waals surface area contributed by atoms with Crippen molar-refractivity contribution in [3.63, 3.8) is 0 Å². The van der Waals surface area contributed by atoms with Crippen molar-refractivity contribution in [1.82, 2.24) is 4.90 Å². The van der Waals surface area contributed by atoms with E-state index in [1.54, 1.807) is 16.2 Å². The minimum Gasteiger partial charge on any atom is -0.467 e. The summed E-state index contributed by atoms with van der Waals surface area (Å²) < 4.78 is 10.1. The standard InChI is InChI=1S/C15H19NO4S/c1-19-15(18)12-9-16(6-7-20-12)14(17)11-3-2-4-13-10(11)5-8-21-13/h5,8,11-12H,2-4,6-7,9H2,1H3. The summed E-state index contributed by atoms with van der Waals surface area (Å²) in [5.74, 6) is -0.352. The molecule has 5 nitrogen and oxygen atoms in total. The zero-order valence-electron chi connectivity index (χ0n) is 12.0. The van der Waals surface area contributed by atoms with Gasteiger partial charge in [-0.2, -0.15) is 0 Å². The van der Waals surface area contributed by atoms with Gasteiger partial charge in [0.25, 0.3) is 0 Å². The second-order valence-electron chi connectivity index (χ2n) is 5.41. The highest BCUT2D eigenvalue weighted by molar-refractivity contribution is 7.10. The molecule has 6 heteroatoms. The Labute approximate surface area is 127 Å². The largest absolute Gasteiger partial charge is 0.467 e. The van der Waals surface area contributed by atoms with E-state index in [2.05, 4.69) is 11.4 Å². The molecular weight excluding hydrogens is 290 g/mol. The summed E-state index contributed by atoms with van der Waals surface area (Å²) >= 11 is 1.73. The molecule has 0 aromatic carbocycles. The summed E-state index contributed by atoms with van der Waals surface area (Å²) in [7, 11) is 1.34. The first kappa shape index (κ1) is 14.5. The third-order valence-electron chi connectivity index (χ3n) is 4.19. The molecular formula is C15H19NO4S. The van der Waals surface area contributed by atoms with Crippen molar-refractivity contribution < 1.29 is 19.1 Å². The van der Waals surface area contributed by atoms with Crippen LogP contribution in [0.2, 0.25) is 0 Å². The fourth-order valence-corrected chi connectivity index (χ4v) is 4.07. The van der Waals surface area contributed by atoms with Crippen molar-refractivity contribution in [3.05, 3.63) is 21.9 Å². The lowest BCUT2D eigenvalue weighted by Crippen LogP contribution is -2.50. The number of thiophene rings is 1. The van der Waals surface area contributed by atoms with Gasteiger partial charge in [-0.15, -0.1) is 11.3 Å². The maximum absolute atomic E-state index is 12.8. The Balaban J connectivity index is 1.73. The first-order chi connectivity index (χ1) is 10.2. The van der Waals surface area contributed by atoms with Crippen LogP contribution < -0.4 is 0 Å². The molecule has 1 amide bonds. The van der Waals surface area contributed by atoms with Gasteiger partial charge in [0.05, 0.1) is 26.2 Å². The van der Waals surface area contributed by atoms with E-state index in [0.717, 1.165) is 19.3 Å². The molecule has 1 saturated heterocycles. The molecule has 0 spiro atoms. The van der Waals surface area contributed by atoms with E-state index in [1.807, 2.05) is 0 Å². The molecule has 2 aliphatic rings. The maximum Gasteiger partial charge on any atom is 0.336 e. The van der Waals surface area contributed by atoms with Gasteiger partial charge in [-0.3, -0.25) is 4.79 Å². The normalized spacial score (nSPS) is 25.3. The molecule has 114 valence electrons. The summed E-state index contributed by atoms with van der Waals surface area (Å²) in [4.78, 5) is 27.5. The van der Waals surface area contributed by atoms with Crippen LogP contribution in [0.1, 0.15) is 29.2 Å². The second-order valence-corrected chi connectivity index (χ2v) is 6.41. The summed E-state index contributed by atoms with van der Waals surface area (Å²) in [5.41, 5.74) is 1.18. The average molecular weight is 309 g/mol. The summed E-state index contributed by atoms with van der Waals surface area (Å²) in [5, 5.41) is 2.06. The molecule has 0 N–H and O–H groups in total. The molecule has 2 heterocycles. The molecule has 2 atom stereocenters. The number of ether oxygens (including phenoxy) is 2. The van der Waals surface area contributed by atoms with E-state index in [4.69, 9.17) is 9.47 Å². The van der Waals surface area contributed by atoms with E-state index in [9.17, 15) is 9.59 Å². The van der Waals surface area contributed by atoms with Crippen LogP contribution in [0, 0.1) is 0 Å². The number of hydrogen-bond acceptors (Lipinski definition) is 5. The topological polar surface area (TPSA) is 55.8 Å². The van der Waals surface area contributed by atoms with Gasteiger partial charge in [-0.1, -0.05) is 0 Å². The van der Waals surface area contributed by atoms with Crippen molar-refractivity contribution in [1.29, 1.82) is 0 Å². The molecule has 3 rings (SSSR count). The number of nitrogens with zero attached hydrogens (tertiary/aromatic N) is 1. The van der Waals surface area contributed by atoms with Gasteiger partial charge in [-0.05, 0) is 36.3 Å². The molecule has 0 radical (unpaired) electrons. The number of esters is 1. The van der Waals surface area contributed by atoms with Gasteiger partial charge < -0.3 is 14.4 Å². The Kier molecular flexibility index (Phi) is 4.26. The number of methoxy groups -OCH3 is 1.